The zero-order chi connectivity index (χ0) is 13.5. The van der Waals surface area contributed by atoms with E-state index in [0.29, 0.717) is 6.04 Å². The van der Waals surface area contributed by atoms with E-state index in [1.807, 2.05) is 0 Å². The minimum Gasteiger partial charge on any atom is -0.357 e. The Bertz CT molecular complexity index is 613. The number of nitrogens with one attached hydrogen (secondary N) is 1. The smallest absolute Gasteiger partial charge is 0.0501 e. The molecule has 1 N–H and O–H groups in total. The van der Waals surface area contributed by atoms with Crippen molar-refractivity contribution in [3.8, 4) is 0 Å². The topological polar surface area (TPSA) is 19.0 Å². The molecule has 2 aromatic rings. The number of rotatable bonds is 4. The molecule has 4 rings (SSSR count). The number of unbranched alkanes of at least 4 members (excludes halogenated alkanes) is 2. The fourth-order valence-electron chi connectivity index (χ4n) is 4.29. The van der Waals surface area contributed by atoms with E-state index in [1.54, 1.807) is 5.56 Å². The summed E-state index contributed by atoms with van der Waals surface area (Å²) in [5.74, 6) is 0.767. The Morgan fingerprint density at radius 3 is 3.05 bits per heavy atom. The summed E-state index contributed by atoms with van der Waals surface area (Å²) in [5, 5.41) is 1.48. The van der Waals surface area contributed by atoms with E-state index < -0.39 is 0 Å². The highest BCUT2D eigenvalue weighted by atomic mass is 15.2. The van der Waals surface area contributed by atoms with Crippen LogP contribution < -0.4 is 0 Å². The molecule has 3 atom stereocenters. The predicted molar refractivity (Wildman–Crippen MR) is 84.1 cm³/mol. The first-order valence-electron chi connectivity index (χ1n) is 8.23. The average molecular weight is 268 g/mol. The van der Waals surface area contributed by atoms with Gasteiger partial charge in [0.2, 0.25) is 0 Å². The second-order valence-electron chi connectivity index (χ2n) is 6.49. The fraction of sp³-hybridized carbons (Fsp3) is 0.556. The maximum absolute atomic E-state index is 3.75. The summed E-state index contributed by atoms with van der Waals surface area (Å²) in [6.45, 7) is 4.87. The molecule has 0 amide bonds. The molecular weight excluding hydrogens is 244 g/mol. The molecule has 2 aliphatic heterocycles. The second-order valence-corrected chi connectivity index (χ2v) is 6.49. The van der Waals surface area contributed by atoms with Gasteiger partial charge in [-0.05, 0) is 31.0 Å². The van der Waals surface area contributed by atoms with Crippen molar-refractivity contribution < 1.29 is 0 Å². The summed E-state index contributed by atoms with van der Waals surface area (Å²) in [6.07, 6.45) is 6.70. The van der Waals surface area contributed by atoms with Gasteiger partial charge in [0, 0.05) is 29.1 Å². The van der Waals surface area contributed by atoms with Crippen molar-refractivity contribution in [3.05, 3.63) is 35.5 Å². The number of fused-ring (bicyclic) bond motifs is 6. The molecular formula is C18H24N2. The summed E-state index contributed by atoms with van der Waals surface area (Å²) < 4.78 is 0. The zero-order valence-electron chi connectivity index (χ0n) is 12.4. The predicted octanol–water partition coefficient (Wildman–Crippen LogP) is 4.59. The van der Waals surface area contributed by atoms with E-state index in [-0.39, 0.29) is 0 Å². The van der Waals surface area contributed by atoms with E-state index in [0.717, 1.165) is 5.92 Å². The van der Waals surface area contributed by atoms with Gasteiger partial charge in [-0.25, -0.2) is 0 Å². The maximum Gasteiger partial charge on any atom is 0.0501 e. The summed E-state index contributed by atoms with van der Waals surface area (Å²) in [4.78, 5) is 6.47. The molecule has 2 nitrogen and oxygen atoms in total. The molecule has 106 valence electrons. The van der Waals surface area contributed by atoms with Crippen molar-refractivity contribution in [1.29, 1.82) is 0 Å². The molecule has 1 saturated heterocycles. The van der Waals surface area contributed by atoms with Gasteiger partial charge in [0.05, 0.1) is 6.04 Å². The number of aromatic amines is 1. The molecule has 1 aromatic carbocycles. The van der Waals surface area contributed by atoms with E-state index in [4.69, 9.17) is 0 Å². The van der Waals surface area contributed by atoms with Crippen molar-refractivity contribution >= 4 is 10.9 Å². The van der Waals surface area contributed by atoms with Crippen molar-refractivity contribution in [2.75, 3.05) is 13.1 Å². The van der Waals surface area contributed by atoms with E-state index in [9.17, 15) is 0 Å². The number of H-pyrrole nitrogens is 1. The number of hydrogen-bond donors (Lipinski definition) is 1. The molecule has 2 aliphatic rings. The highest BCUT2D eigenvalue weighted by molar-refractivity contribution is 5.85. The number of nitrogens with zero attached hydrogens (tertiary/aromatic N) is 1. The first-order chi connectivity index (χ1) is 9.88. The lowest BCUT2D eigenvalue weighted by Gasteiger charge is -2.32. The average Bonchev–Trinajstić information content (AvgIpc) is 3.05. The summed E-state index contributed by atoms with van der Waals surface area (Å²) in [6, 6.07) is 9.52. The summed E-state index contributed by atoms with van der Waals surface area (Å²) in [7, 11) is 0. The SMILES string of the molecule is CCCCC[C@H]1c2[nH]c3ccccc3c2[C@H]2CCN1C2. The molecule has 3 heterocycles. The van der Waals surface area contributed by atoms with Crippen LogP contribution in [0.4, 0.5) is 0 Å². The number of aromatic nitrogens is 1. The zero-order valence-corrected chi connectivity index (χ0v) is 12.4. The Morgan fingerprint density at radius 1 is 1.25 bits per heavy atom. The Kier molecular flexibility index (Phi) is 3.07. The molecule has 20 heavy (non-hydrogen) atoms. The molecule has 0 saturated carbocycles. The van der Waals surface area contributed by atoms with Crippen LogP contribution in [0.25, 0.3) is 10.9 Å². The van der Waals surface area contributed by atoms with Gasteiger partial charge in [0.25, 0.3) is 0 Å². The Balaban J connectivity index is 1.76. The minimum atomic E-state index is 0.641. The molecule has 1 fully saturated rings. The largest absolute Gasteiger partial charge is 0.357 e. The molecule has 1 unspecified atom stereocenters. The number of hydrogen-bond acceptors (Lipinski definition) is 1. The van der Waals surface area contributed by atoms with Crippen molar-refractivity contribution in [3.63, 3.8) is 0 Å². The molecule has 0 spiro atoms. The quantitative estimate of drug-likeness (QED) is 0.803. The first-order valence-corrected chi connectivity index (χ1v) is 8.23. The van der Waals surface area contributed by atoms with E-state index in [1.165, 1.54) is 61.8 Å². The van der Waals surface area contributed by atoms with Gasteiger partial charge in [-0.15, -0.1) is 0 Å². The molecule has 1 aromatic heterocycles. The Morgan fingerprint density at radius 2 is 2.15 bits per heavy atom. The summed E-state index contributed by atoms with van der Waals surface area (Å²) >= 11 is 0. The van der Waals surface area contributed by atoms with Gasteiger partial charge in [-0.1, -0.05) is 44.4 Å². The molecule has 2 heteroatoms. The fourth-order valence-corrected chi connectivity index (χ4v) is 4.29. The molecule has 0 radical (unpaired) electrons. The highest BCUT2D eigenvalue weighted by Crippen LogP contribution is 2.46. The highest BCUT2D eigenvalue weighted by Gasteiger charge is 2.39. The second kappa shape index (κ2) is 4.92. The lowest BCUT2D eigenvalue weighted by molar-refractivity contribution is 0.211. The third kappa shape index (κ3) is 1.81. The van der Waals surface area contributed by atoms with Gasteiger partial charge in [-0.3, -0.25) is 4.90 Å². The van der Waals surface area contributed by atoms with Crippen LogP contribution in [0, 0.1) is 0 Å². The van der Waals surface area contributed by atoms with Crippen LogP contribution in [0.15, 0.2) is 24.3 Å². The van der Waals surface area contributed by atoms with Crippen LogP contribution in [0.3, 0.4) is 0 Å². The van der Waals surface area contributed by atoms with Crippen LogP contribution >= 0.6 is 0 Å². The molecule has 0 aliphatic carbocycles. The number of para-hydroxylation sites is 1. The van der Waals surface area contributed by atoms with Crippen molar-refractivity contribution in [2.45, 2.75) is 51.0 Å². The standard InChI is InChI=1S/C18H24N2/c1-2-3-4-9-16-18-17(13-10-11-20(16)12-13)14-7-5-6-8-15(14)19-18/h5-8,13,16,19H,2-4,9-12H2,1H3/t13-,16-/m0/s1. The monoisotopic (exact) mass is 268 g/mol. The van der Waals surface area contributed by atoms with Crippen LogP contribution in [-0.2, 0) is 0 Å². The van der Waals surface area contributed by atoms with Gasteiger partial charge >= 0.3 is 0 Å². The Labute approximate surface area is 121 Å². The third-order valence-electron chi connectivity index (χ3n) is 5.26. The van der Waals surface area contributed by atoms with Crippen LogP contribution in [-0.4, -0.2) is 23.0 Å². The summed E-state index contributed by atoms with van der Waals surface area (Å²) in [5.41, 5.74) is 4.53. The van der Waals surface area contributed by atoms with E-state index >= 15 is 0 Å². The van der Waals surface area contributed by atoms with Crippen LogP contribution in [0.1, 0.15) is 62.2 Å². The minimum absolute atomic E-state index is 0.641. The first kappa shape index (κ1) is 12.5. The van der Waals surface area contributed by atoms with Crippen LogP contribution in [0.2, 0.25) is 0 Å². The van der Waals surface area contributed by atoms with Gasteiger partial charge in [0.1, 0.15) is 0 Å². The maximum atomic E-state index is 3.75. The third-order valence-corrected chi connectivity index (χ3v) is 5.26. The van der Waals surface area contributed by atoms with Crippen molar-refractivity contribution in [2.24, 2.45) is 0 Å². The normalized spacial score (nSPS) is 27.9. The van der Waals surface area contributed by atoms with Gasteiger partial charge in [-0.2, -0.15) is 0 Å². The Hall–Kier alpha value is -1.28. The van der Waals surface area contributed by atoms with Gasteiger partial charge < -0.3 is 4.98 Å². The lowest BCUT2D eigenvalue weighted by atomic mass is 9.89. The lowest BCUT2D eigenvalue weighted by Crippen LogP contribution is -2.30. The molecule has 2 bridgehead atoms. The van der Waals surface area contributed by atoms with Crippen LogP contribution in [0.5, 0.6) is 0 Å². The van der Waals surface area contributed by atoms with Crippen molar-refractivity contribution in [1.82, 2.24) is 9.88 Å². The number of benzene rings is 1. The van der Waals surface area contributed by atoms with E-state index in [2.05, 4.69) is 41.1 Å². The van der Waals surface area contributed by atoms with Gasteiger partial charge in [0.15, 0.2) is 0 Å².